The van der Waals surface area contributed by atoms with Crippen molar-refractivity contribution in [2.75, 3.05) is 25.0 Å². The van der Waals surface area contributed by atoms with Crippen LogP contribution in [0.25, 0.3) is 0 Å². The smallest absolute Gasteiger partial charge is 0.338 e. The molecule has 0 aromatic heterocycles. The Kier molecular flexibility index (Phi) is 7.12. The van der Waals surface area contributed by atoms with Crippen LogP contribution in [-0.2, 0) is 14.8 Å². The molecule has 0 aliphatic carbocycles. The first-order chi connectivity index (χ1) is 14.7. The number of benzene rings is 2. The molecule has 0 unspecified atom stereocenters. The van der Waals surface area contributed by atoms with E-state index in [0.29, 0.717) is 48.3 Å². The summed E-state index contributed by atoms with van der Waals surface area (Å²) in [7, 11) is -3.59. The monoisotopic (exact) mass is 444 g/mol. The van der Waals surface area contributed by atoms with Crippen LogP contribution in [0.1, 0.15) is 47.9 Å². The third-order valence-electron chi connectivity index (χ3n) is 5.24. The van der Waals surface area contributed by atoms with Crippen molar-refractivity contribution in [1.82, 2.24) is 4.31 Å². The first kappa shape index (κ1) is 23.0. The average molecular weight is 445 g/mol. The number of anilines is 1. The molecular weight excluding hydrogens is 416 g/mol. The van der Waals surface area contributed by atoms with Gasteiger partial charge in [-0.05, 0) is 73.7 Å². The molecule has 1 saturated heterocycles. The highest BCUT2D eigenvalue weighted by molar-refractivity contribution is 7.89. The van der Waals surface area contributed by atoms with Crippen molar-refractivity contribution in [1.29, 1.82) is 0 Å². The third kappa shape index (κ3) is 5.51. The second kappa shape index (κ2) is 9.62. The minimum Gasteiger partial charge on any atom is -0.462 e. The zero-order valence-electron chi connectivity index (χ0n) is 18.0. The molecule has 1 aliphatic heterocycles. The van der Waals surface area contributed by atoms with Gasteiger partial charge in [-0.15, -0.1) is 0 Å². The van der Waals surface area contributed by atoms with Gasteiger partial charge in [-0.1, -0.05) is 13.8 Å². The highest BCUT2D eigenvalue weighted by atomic mass is 32.2. The van der Waals surface area contributed by atoms with Crippen molar-refractivity contribution in [2.24, 2.45) is 11.8 Å². The molecule has 1 amide bonds. The predicted octanol–water partition coefficient (Wildman–Crippen LogP) is 3.78. The van der Waals surface area contributed by atoms with Crippen LogP contribution >= 0.6 is 0 Å². The Labute approximate surface area is 183 Å². The first-order valence-electron chi connectivity index (χ1n) is 10.4. The quantitative estimate of drug-likeness (QED) is 0.685. The normalized spacial score (nSPS) is 19.6. The Balaban J connectivity index is 1.68. The second-order valence-corrected chi connectivity index (χ2v) is 9.98. The number of esters is 1. The summed E-state index contributed by atoms with van der Waals surface area (Å²) in [6.07, 6.45) is 1.02. The average Bonchev–Trinajstić information content (AvgIpc) is 2.74. The molecule has 8 heteroatoms. The number of carbonyl (C=O) groups is 2. The molecule has 166 valence electrons. The minimum absolute atomic E-state index is 0.184. The van der Waals surface area contributed by atoms with E-state index in [1.54, 1.807) is 31.2 Å². The summed E-state index contributed by atoms with van der Waals surface area (Å²) in [6.45, 7) is 7.17. The SMILES string of the molecule is CCOC(=O)c1ccc(NC(=O)c2ccc(S(=O)(=O)N3C[C@H](C)C[C@@H](C)C3)cc2)cc1. The van der Waals surface area contributed by atoms with E-state index in [-0.39, 0.29) is 10.8 Å². The zero-order chi connectivity index (χ0) is 22.6. The topological polar surface area (TPSA) is 92.8 Å². The lowest BCUT2D eigenvalue weighted by Crippen LogP contribution is -2.42. The van der Waals surface area contributed by atoms with Crippen molar-refractivity contribution < 1.29 is 22.7 Å². The molecule has 0 saturated carbocycles. The molecule has 1 heterocycles. The summed E-state index contributed by atoms with van der Waals surface area (Å²) in [5.41, 5.74) is 1.26. The summed E-state index contributed by atoms with van der Waals surface area (Å²) in [5, 5.41) is 2.74. The van der Waals surface area contributed by atoms with Crippen LogP contribution in [0, 0.1) is 11.8 Å². The maximum atomic E-state index is 13.0. The van der Waals surface area contributed by atoms with Gasteiger partial charge in [0.25, 0.3) is 5.91 Å². The van der Waals surface area contributed by atoms with E-state index in [4.69, 9.17) is 4.74 Å². The molecule has 0 radical (unpaired) electrons. The maximum absolute atomic E-state index is 13.0. The van der Waals surface area contributed by atoms with Crippen LogP contribution in [0.3, 0.4) is 0 Å². The second-order valence-electron chi connectivity index (χ2n) is 8.04. The summed E-state index contributed by atoms with van der Waals surface area (Å²) in [4.78, 5) is 24.4. The molecule has 1 fully saturated rings. The lowest BCUT2D eigenvalue weighted by Gasteiger charge is -2.34. The van der Waals surface area contributed by atoms with Gasteiger partial charge in [0.05, 0.1) is 17.1 Å². The fourth-order valence-corrected chi connectivity index (χ4v) is 5.52. The molecule has 2 aromatic carbocycles. The van der Waals surface area contributed by atoms with Crippen LogP contribution in [0.2, 0.25) is 0 Å². The van der Waals surface area contributed by atoms with Crippen molar-refractivity contribution in [3.8, 4) is 0 Å². The van der Waals surface area contributed by atoms with E-state index in [1.165, 1.54) is 28.6 Å². The molecule has 0 bridgehead atoms. The van der Waals surface area contributed by atoms with E-state index in [2.05, 4.69) is 19.2 Å². The lowest BCUT2D eigenvalue weighted by molar-refractivity contribution is 0.0526. The number of amides is 1. The van der Waals surface area contributed by atoms with E-state index in [9.17, 15) is 18.0 Å². The van der Waals surface area contributed by atoms with Gasteiger partial charge in [0.1, 0.15) is 0 Å². The number of piperidine rings is 1. The van der Waals surface area contributed by atoms with Crippen molar-refractivity contribution >= 4 is 27.6 Å². The summed E-state index contributed by atoms with van der Waals surface area (Å²) in [5.74, 6) is -0.152. The van der Waals surface area contributed by atoms with Crippen molar-refractivity contribution in [2.45, 2.75) is 32.1 Å². The standard InChI is InChI=1S/C23H28N2O5S/c1-4-30-23(27)19-5-9-20(10-6-19)24-22(26)18-7-11-21(12-8-18)31(28,29)25-14-16(2)13-17(3)15-25/h5-12,16-17H,4,13-15H2,1-3H3,(H,24,26)/t16-,17-/m1/s1. The van der Waals surface area contributed by atoms with Gasteiger partial charge in [-0.3, -0.25) is 4.79 Å². The molecule has 1 N–H and O–H groups in total. The Bertz CT molecular complexity index is 1020. The molecule has 1 aliphatic rings. The number of nitrogens with zero attached hydrogens (tertiary/aromatic N) is 1. The molecule has 2 aromatic rings. The largest absolute Gasteiger partial charge is 0.462 e. The summed E-state index contributed by atoms with van der Waals surface area (Å²) < 4.78 is 32.4. The first-order valence-corrected chi connectivity index (χ1v) is 11.8. The van der Waals surface area contributed by atoms with E-state index >= 15 is 0 Å². The number of hydrogen-bond acceptors (Lipinski definition) is 5. The van der Waals surface area contributed by atoms with Crippen LogP contribution in [0.4, 0.5) is 5.69 Å². The van der Waals surface area contributed by atoms with Gasteiger partial charge >= 0.3 is 5.97 Å². The fourth-order valence-electron chi connectivity index (χ4n) is 3.84. The van der Waals surface area contributed by atoms with E-state index in [1.807, 2.05) is 0 Å². The van der Waals surface area contributed by atoms with Crippen LogP contribution in [0.5, 0.6) is 0 Å². The van der Waals surface area contributed by atoms with Gasteiger partial charge in [0.15, 0.2) is 0 Å². The Morgan fingerprint density at radius 2 is 1.52 bits per heavy atom. The number of hydrogen-bond donors (Lipinski definition) is 1. The molecule has 0 spiro atoms. The van der Waals surface area contributed by atoms with Gasteiger partial charge in [0.2, 0.25) is 10.0 Å². The Morgan fingerprint density at radius 3 is 2.06 bits per heavy atom. The Hall–Kier alpha value is -2.71. The molecule has 3 rings (SSSR count). The molecule has 31 heavy (non-hydrogen) atoms. The van der Waals surface area contributed by atoms with Gasteiger partial charge < -0.3 is 10.1 Å². The third-order valence-corrected chi connectivity index (χ3v) is 7.09. The minimum atomic E-state index is -3.59. The Morgan fingerprint density at radius 1 is 0.968 bits per heavy atom. The molecule has 2 atom stereocenters. The van der Waals surface area contributed by atoms with Gasteiger partial charge in [0, 0.05) is 24.3 Å². The number of carbonyl (C=O) groups excluding carboxylic acids is 2. The highest BCUT2D eigenvalue weighted by Gasteiger charge is 2.31. The predicted molar refractivity (Wildman–Crippen MR) is 118 cm³/mol. The van der Waals surface area contributed by atoms with Crippen LogP contribution in [0.15, 0.2) is 53.4 Å². The summed E-state index contributed by atoms with van der Waals surface area (Å²) in [6, 6.07) is 12.3. The van der Waals surface area contributed by atoms with E-state index < -0.39 is 16.0 Å². The highest BCUT2D eigenvalue weighted by Crippen LogP contribution is 2.27. The molecule has 7 nitrogen and oxygen atoms in total. The van der Waals surface area contributed by atoms with Crippen LogP contribution < -0.4 is 5.32 Å². The number of ether oxygens (including phenoxy) is 1. The molecular formula is C23H28N2O5S. The zero-order valence-corrected chi connectivity index (χ0v) is 18.8. The van der Waals surface area contributed by atoms with Crippen LogP contribution in [-0.4, -0.2) is 44.3 Å². The summed E-state index contributed by atoms with van der Waals surface area (Å²) >= 11 is 0. The van der Waals surface area contributed by atoms with Gasteiger partial charge in [-0.25, -0.2) is 13.2 Å². The lowest BCUT2D eigenvalue weighted by atomic mass is 9.94. The van der Waals surface area contributed by atoms with Crippen molar-refractivity contribution in [3.05, 3.63) is 59.7 Å². The van der Waals surface area contributed by atoms with Crippen molar-refractivity contribution in [3.63, 3.8) is 0 Å². The number of sulfonamides is 1. The number of rotatable bonds is 6. The maximum Gasteiger partial charge on any atom is 0.338 e. The fraction of sp³-hybridized carbons (Fsp3) is 0.391. The number of nitrogens with one attached hydrogen (secondary N) is 1. The van der Waals surface area contributed by atoms with Gasteiger partial charge in [-0.2, -0.15) is 4.31 Å². The van der Waals surface area contributed by atoms with E-state index in [0.717, 1.165) is 6.42 Å².